The van der Waals surface area contributed by atoms with E-state index in [1.165, 1.54) is 27.7 Å². The van der Waals surface area contributed by atoms with E-state index in [-0.39, 0.29) is 0 Å². The van der Waals surface area contributed by atoms with E-state index in [1.54, 1.807) is 0 Å². The van der Waals surface area contributed by atoms with Crippen LogP contribution in [0.4, 0.5) is 0 Å². The fraction of sp³-hybridized carbons (Fsp3) is 0.0625. The summed E-state index contributed by atoms with van der Waals surface area (Å²) < 4.78 is 0. The molecule has 1 heterocycles. The van der Waals surface area contributed by atoms with Crippen molar-refractivity contribution < 1.29 is 4.98 Å². The minimum absolute atomic E-state index is 1.18. The lowest BCUT2D eigenvalue weighted by molar-refractivity contribution is -0.354. The summed E-state index contributed by atoms with van der Waals surface area (Å²) in [7, 11) is 0. The zero-order valence-corrected chi connectivity index (χ0v) is 9.77. The summed E-state index contributed by atoms with van der Waals surface area (Å²) in [6.07, 6.45) is 0. The summed E-state index contributed by atoms with van der Waals surface area (Å²) in [6, 6.07) is 21.1. The molecule has 0 aliphatic carbocycles. The fourth-order valence-corrected chi connectivity index (χ4v) is 2.23. The van der Waals surface area contributed by atoms with Crippen molar-refractivity contribution in [3.8, 4) is 11.1 Å². The summed E-state index contributed by atoms with van der Waals surface area (Å²) in [5, 5.41) is 1.27. The monoisotopic (exact) mass is 220 g/mol. The molecule has 1 heteroatoms. The second kappa shape index (κ2) is 4.02. The Kier molecular flexibility index (Phi) is 2.37. The van der Waals surface area contributed by atoms with Gasteiger partial charge in [-0.3, -0.25) is 0 Å². The molecule has 0 atom stereocenters. The van der Waals surface area contributed by atoms with E-state index in [0.29, 0.717) is 0 Å². The van der Waals surface area contributed by atoms with Gasteiger partial charge in [0, 0.05) is 24.6 Å². The number of nitrogens with one attached hydrogen (secondary N) is 1. The van der Waals surface area contributed by atoms with Crippen molar-refractivity contribution in [3.63, 3.8) is 0 Å². The highest BCUT2D eigenvalue weighted by Crippen LogP contribution is 2.26. The van der Waals surface area contributed by atoms with Crippen LogP contribution in [-0.2, 0) is 0 Å². The summed E-state index contributed by atoms with van der Waals surface area (Å²) in [4.78, 5) is 3.40. The Morgan fingerprint density at radius 1 is 0.824 bits per heavy atom. The molecule has 0 saturated carbocycles. The molecule has 0 spiro atoms. The predicted molar refractivity (Wildman–Crippen MR) is 70.7 cm³/mol. The number of aromatic amines is 1. The van der Waals surface area contributed by atoms with Gasteiger partial charge in [-0.05, 0) is 11.6 Å². The fourth-order valence-electron chi connectivity index (χ4n) is 2.23. The molecule has 3 aromatic rings. The molecule has 0 radical (unpaired) electrons. The summed E-state index contributed by atoms with van der Waals surface area (Å²) >= 11 is 0. The standard InChI is InChI=1S/C16H13N/c1-12-11-15(13-7-3-2-4-8-13)14-9-5-6-10-16(14)17-12/h2-11H,1H3/p+1. The van der Waals surface area contributed by atoms with Gasteiger partial charge in [0.2, 0.25) is 5.52 Å². The van der Waals surface area contributed by atoms with Crippen LogP contribution in [0, 0.1) is 6.92 Å². The highest BCUT2D eigenvalue weighted by molar-refractivity contribution is 5.92. The first-order valence-corrected chi connectivity index (χ1v) is 5.82. The summed E-state index contributed by atoms with van der Waals surface area (Å²) in [5.41, 5.74) is 4.92. The molecule has 1 nitrogen and oxygen atoms in total. The normalized spacial score (nSPS) is 10.6. The highest BCUT2D eigenvalue weighted by atomic mass is 14.7. The van der Waals surface area contributed by atoms with Gasteiger partial charge in [0.25, 0.3) is 0 Å². The maximum atomic E-state index is 3.40. The molecule has 0 unspecified atom stereocenters. The SMILES string of the molecule is Cc1cc(-c2ccccc2)c2ccccc2[nH+]1. The minimum atomic E-state index is 1.18. The predicted octanol–water partition coefficient (Wildman–Crippen LogP) is 3.63. The van der Waals surface area contributed by atoms with E-state index >= 15 is 0 Å². The van der Waals surface area contributed by atoms with Crippen LogP contribution < -0.4 is 4.98 Å². The maximum Gasteiger partial charge on any atom is 0.211 e. The lowest BCUT2D eigenvalue weighted by Crippen LogP contribution is -2.08. The Bertz CT molecular complexity index is 657. The summed E-state index contributed by atoms with van der Waals surface area (Å²) in [6.45, 7) is 2.10. The Morgan fingerprint density at radius 3 is 2.35 bits per heavy atom. The van der Waals surface area contributed by atoms with Crippen LogP contribution in [0.3, 0.4) is 0 Å². The van der Waals surface area contributed by atoms with Gasteiger partial charge in [-0.15, -0.1) is 0 Å². The van der Waals surface area contributed by atoms with Crippen molar-refractivity contribution >= 4 is 10.9 Å². The zero-order valence-electron chi connectivity index (χ0n) is 9.77. The van der Waals surface area contributed by atoms with E-state index in [4.69, 9.17) is 0 Å². The zero-order chi connectivity index (χ0) is 11.7. The average molecular weight is 220 g/mol. The third-order valence-electron chi connectivity index (χ3n) is 2.99. The van der Waals surface area contributed by atoms with Gasteiger partial charge < -0.3 is 0 Å². The number of hydrogen-bond donors (Lipinski definition) is 0. The highest BCUT2D eigenvalue weighted by Gasteiger charge is 2.09. The third-order valence-corrected chi connectivity index (χ3v) is 2.99. The molecule has 3 rings (SSSR count). The largest absolute Gasteiger partial charge is 0.211 e. The molecule has 1 aromatic heterocycles. The van der Waals surface area contributed by atoms with Gasteiger partial charge >= 0.3 is 0 Å². The number of benzene rings is 2. The Balaban J connectivity index is 2.36. The van der Waals surface area contributed by atoms with Gasteiger partial charge in [0.15, 0.2) is 5.69 Å². The van der Waals surface area contributed by atoms with E-state index in [0.717, 1.165) is 0 Å². The molecule has 0 fully saturated rings. The second-order valence-corrected chi connectivity index (χ2v) is 4.28. The number of aryl methyl sites for hydroxylation is 1. The van der Waals surface area contributed by atoms with Crippen molar-refractivity contribution in [2.24, 2.45) is 0 Å². The Hall–Kier alpha value is -2.15. The number of aromatic nitrogens is 1. The number of rotatable bonds is 1. The Labute approximate surface area is 101 Å². The molecular weight excluding hydrogens is 206 g/mol. The first kappa shape index (κ1) is 10.0. The molecule has 1 N–H and O–H groups in total. The van der Waals surface area contributed by atoms with Crippen LogP contribution in [0.2, 0.25) is 0 Å². The van der Waals surface area contributed by atoms with Crippen LogP contribution >= 0.6 is 0 Å². The van der Waals surface area contributed by atoms with Crippen molar-refractivity contribution in [2.45, 2.75) is 6.92 Å². The van der Waals surface area contributed by atoms with Gasteiger partial charge in [-0.25, -0.2) is 4.98 Å². The smallest absolute Gasteiger partial charge is 0.209 e. The number of fused-ring (bicyclic) bond motifs is 1. The van der Waals surface area contributed by atoms with Crippen LogP contribution in [0.15, 0.2) is 60.7 Å². The average Bonchev–Trinajstić information content (AvgIpc) is 2.39. The lowest BCUT2D eigenvalue weighted by atomic mass is 10.0. The van der Waals surface area contributed by atoms with Crippen molar-refractivity contribution in [1.29, 1.82) is 0 Å². The molecule has 0 bridgehead atoms. The molecule has 0 aliphatic heterocycles. The van der Waals surface area contributed by atoms with E-state index in [2.05, 4.69) is 66.5 Å². The Morgan fingerprint density at radius 2 is 1.53 bits per heavy atom. The number of pyridine rings is 1. The van der Waals surface area contributed by atoms with Gasteiger partial charge in [0.1, 0.15) is 0 Å². The molecule has 0 saturated heterocycles. The molecule has 0 amide bonds. The first-order chi connectivity index (χ1) is 8.34. The first-order valence-electron chi connectivity index (χ1n) is 5.82. The number of H-pyrrole nitrogens is 1. The van der Waals surface area contributed by atoms with Crippen molar-refractivity contribution in [1.82, 2.24) is 0 Å². The van der Waals surface area contributed by atoms with Crippen LogP contribution in [0.1, 0.15) is 5.69 Å². The van der Waals surface area contributed by atoms with Crippen LogP contribution in [0.25, 0.3) is 22.0 Å². The van der Waals surface area contributed by atoms with E-state index in [9.17, 15) is 0 Å². The third kappa shape index (κ3) is 1.80. The van der Waals surface area contributed by atoms with Crippen LogP contribution in [-0.4, -0.2) is 0 Å². The van der Waals surface area contributed by atoms with Gasteiger partial charge in [0.05, 0.1) is 5.39 Å². The minimum Gasteiger partial charge on any atom is -0.209 e. The molecule has 82 valence electrons. The second-order valence-electron chi connectivity index (χ2n) is 4.28. The van der Waals surface area contributed by atoms with E-state index < -0.39 is 0 Å². The van der Waals surface area contributed by atoms with Crippen LogP contribution in [0.5, 0.6) is 0 Å². The maximum absolute atomic E-state index is 3.40. The lowest BCUT2D eigenvalue weighted by Gasteiger charge is -2.04. The number of hydrogen-bond acceptors (Lipinski definition) is 0. The van der Waals surface area contributed by atoms with Gasteiger partial charge in [-0.2, -0.15) is 0 Å². The summed E-state index contributed by atoms with van der Waals surface area (Å²) in [5.74, 6) is 0. The number of para-hydroxylation sites is 1. The molecular formula is C16H14N+. The van der Waals surface area contributed by atoms with Crippen molar-refractivity contribution in [3.05, 3.63) is 66.4 Å². The quantitative estimate of drug-likeness (QED) is 0.594. The molecule has 0 aliphatic rings. The topological polar surface area (TPSA) is 14.1 Å². The van der Waals surface area contributed by atoms with Crippen molar-refractivity contribution in [2.75, 3.05) is 0 Å². The van der Waals surface area contributed by atoms with E-state index in [1.807, 2.05) is 6.07 Å². The van der Waals surface area contributed by atoms with Gasteiger partial charge in [-0.1, -0.05) is 42.5 Å². The molecule has 17 heavy (non-hydrogen) atoms. The molecule has 2 aromatic carbocycles.